The van der Waals surface area contributed by atoms with Crippen LogP contribution in [0.4, 0.5) is 0 Å². The van der Waals surface area contributed by atoms with Crippen LogP contribution in [0.3, 0.4) is 0 Å². The van der Waals surface area contributed by atoms with Gasteiger partial charge in [0.1, 0.15) is 5.56 Å². The maximum absolute atomic E-state index is 12.1. The van der Waals surface area contributed by atoms with Crippen molar-refractivity contribution in [1.82, 2.24) is 4.57 Å². The zero-order valence-corrected chi connectivity index (χ0v) is 10.8. The molecule has 4 nitrogen and oxygen atoms in total. The van der Waals surface area contributed by atoms with Crippen LogP contribution in [-0.4, -0.2) is 15.6 Å². The Hall–Kier alpha value is -1.81. The van der Waals surface area contributed by atoms with Crippen molar-refractivity contribution in [2.24, 2.45) is 7.05 Å². The quantitative estimate of drug-likeness (QED) is 0.907. The Labute approximate surface area is 108 Å². The first-order valence-corrected chi connectivity index (χ1v) is 5.90. The molecular formula is C13H12ClNO3. The first-order chi connectivity index (χ1) is 8.49. The predicted octanol–water partition coefficient (Wildman–Crippen LogP) is 2.45. The summed E-state index contributed by atoms with van der Waals surface area (Å²) in [6.07, 6.45) is 0.467. The lowest BCUT2D eigenvalue weighted by Gasteiger charge is -2.13. The van der Waals surface area contributed by atoms with Gasteiger partial charge in [0, 0.05) is 12.4 Å². The number of fused-ring (bicyclic) bond motifs is 1. The third-order valence-electron chi connectivity index (χ3n) is 3.04. The molecule has 1 aromatic carbocycles. The highest BCUT2D eigenvalue weighted by Crippen LogP contribution is 2.26. The monoisotopic (exact) mass is 265 g/mol. The maximum atomic E-state index is 12.1. The van der Waals surface area contributed by atoms with Gasteiger partial charge in [-0.1, -0.05) is 30.7 Å². The van der Waals surface area contributed by atoms with Gasteiger partial charge in [0.15, 0.2) is 0 Å². The van der Waals surface area contributed by atoms with Crippen molar-refractivity contribution in [3.05, 3.63) is 44.7 Å². The number of carbonyl (C=O) groups is 1. The number of benzene rings is 1. The van der Waals surface area contributed by atoms with Crippen molar-refractivity contribution in [1.29, 1.82) is 0 Å². The molecule has 1 N–H and O–H groups in total. The molecule has 0 aliphatic rings. The van der Waals surface area contributed by atoms with E-state index in [4.69, 9.17) is 11.6 Å². The van der Waals surface area contributed by atoms with E-state index in [0.29, 0.717) is 27.9 Å². The van der Waals surface area contributed by atoms with Crippen LogP contribution >= 0.6 is 11.6 Å². The molecule has 0 radical (unpaired) electrons. The molecule has 2 aromatic rings. The summed E-state index contributed by atoms with van der Waals surface area (Å²) in [5.74, 6) is -1.20. The molecule has 1 heterocycles. The summed E-state index contributed by atoms with van der Waals surface area (Å²) in [6.45, 7) is 1.82. The number of carboxylic acid groups (broad SMARTS) is 1. The predicted molar refractivity (Wildman–Crippen MR) is 70.5 cm³/mol. The summed E-state index contributed by atoms with van der Waals surface area (Å²) in [7, 11) is 1.53. The van der Waals surface area contributed by atoms with Crippen LogP contribution in [0.15, 0.2) is 23.0 Å². The minimum atomic E-state index is -1.20. The van der Waals surface area contributed by atoms with Crippen molar-refractivity contribution < 1.29 is 9.90 Å². The lowest BCUT2D eigenvalue weighted by molar-refractivity contribution is 0.0693. The molecule has 0 atom stereocenters. The van der Waals surface area contributed by atoms with E-state index in [-0.39, 0.29) is 5.56 Å². The van der Waals surface area contributed by atoms with Crippen LogP contribution in [0.25, 0.3) is 10.9 Å². The number of nitrogens with zero attached hydrogens (tertiary/aromatic N) is 1. The SMILES string of the molecule is CCc1c(C(=O)O)c(=O)n(C)c2c(Cl)cccc12. The molecule has 0 unspecified atom stereocenters. The number of para-hydroxylation sites is 1. The molecule has 0 saturated heterocycles. The van der Waals surface area contributed by atoms with Crippen LogP contribution in [0.2, 0.25) is 5.02 Å². The second-order valence-electron chi connectivity index (χ2n) is 4.01. The molecule has 1 aromatic heterocycles. The van der Waals surface area contributed by atoms with Gasteiger partial charge in [0.25, 0.3) is 5.56 Å². The Bertz CT molecular complexity index is 703. The molecular weight excluding hydrogens is 254 g/mol. The number of rotatable bonds is 2. The number of halogens is 1. The Kier molecular flexibility index (Phi) is 3.13. The van der Waals surface area contributed by atoms with Crippen molar-refractivity contribution in [2.45, 2.75) is 13.3 Å². The van der Waals surface area contributed by atoms with Gasteiger partial charge in [-0.15, -0.1) is 0 Å². The summed E-state index contributed by atoms with van der Waals surface area (Å²) < 4.78 is 1.29. The van der Waals surface area contributed by atoms with E-state index in [1.165, 1.54) is 11.6 Å². The molecule has 0 aliphatic heterocycles. The number of hydrogen-bond donors (Lipinski definition) is 1. The number of aromatic nitrogens is 1. The molecule has 0 spiro atoms. The third-order valence-corrected chi connectivity index (χ3v) is 3.34. The van der Waals surface area contributed by atoms with E-state index in [9.17, 15) is 14.7 Å². The average Bonchev–Trinajstić information content (AvgIpc) is 2.32. The molecule has 0 aliphatic carbocycles. The van der Waals surface area contributed by atoms with Crippen molar-refractivity contribution in [2.75, 3.05) is 0 Å². The largest absolute Gasteiger partial charge is 0.477 e. The average molecular weight is 266 g/mol. The number of aromatic carboxylic acids is 1. The first kappa shape index (κ1) is 12.6. The Morgan fingerprint density at radius 2 is 2.11 bits per heavy atom. The van der Waals surface area contributed by atoms with Gasteiger partial charge in [0.2, 0.25) is 0 Å². The van der Waals surface area contributed by atoms with Gasteiger partial charge >= 0.3 is 5.97 Å². The number of carboxylic acids is 1. The van der Waals surface area contributed by atoms with Crippen molar-refractivity contribution in [3.8, 4) is 0 Å². The van der Waals surface area contributed by atoms with Crippen LogP contribution in [0, 0.1) is 0 Å². The van der Waals surface area contributed by atoms with Gasteiger partial charge in [-0.2, -0.15) is 0 Å². The highest BCUT2D eigenvalue weighted by Gasteiger charge is 2.20. The molecule has 0 fully saturated rings. The van der Waals surface area contributed by atoms with E-state index in [1.54, 1.807) is 18.2 Å². The van der Waals surface area contributed by atoms with Gasteiger partial charge < -0.3 is 9.67 Å². The minimum absolute atomic E-state index is 0.172. The standard InChI is InChI=1S/C13H12ClNO3/c1-3-7-8-5-4-6-9(14)11(8)15(2)12(16)10(7)13(17)18/h4-6H,3H2,1-2H3,(H,17,18). The smallest absolute Gasteiger partial charge is 0.341 e. The number of hydrogen-bond acceptors (Lipinski definition) is 2. The zero-order valence-electron chi connectivity index (χ0n) is 10.0. The van der Waals surface area contributed by atoms with E-state index < -0.39 is 11.5 Å². The molecule has 94 valence electrons. The number of pyridine rings is 1. The highest BCUT2D eigenvalue weighted by atomic mass is 35.5. The normalized spacial score (nSPS) is 10.8. The molecule has 2 rings (SSSR count). The van der Waals surface area contributed by atoms with E-state index >= 15 is 0 Å². The van der Waals surface area contributed by atoms with Gasteiger partial charge in [-0.05, 0) is 18.1 Å². The molecule has 0 saturated carbocycles. The summed E-state index contributed by atoms with van der Waals surface area (Å²) in [5.41, 5.74) is 0.406. The Morgan fingerprint density at radius 3 is 2.67 bits per heavy atom. The zero-order chi connectivity index (χ0) is 13.4. The summed E-state index contributed by atoms with van der Waals surface area (Å²) in [6, 6.07) is 5.22. The van der Waals surface area contributed by atoms with Gasteiger partial charge in [-0.25, -0.2) is 4.79 Å². The fourth-order valence-corrected chi connectivity index (χ4v) is 2.52. The van der Waals surface area contributed by atoms with E-state index in [0.717, 1.165) is 0 Å². The fourth-order valence-electron chi connectivity index (χ4n) is 2.22. The first-order valence-electron chi connectivity index (χ1n) is 5.52. The van der Waals surface area contributed by atoms with E-state index in [1.807, 2.05) is 6.92 Å². The summed E-state index contributed by atoms with van der Waals surface area (Å²) in [5, 5.41) is 10.3. The summed E-state index contributed by atoms with van der Waals surface area (Å²) >= 11 is 6.09. The second kappa shape index (κ2) is 4.46. The van der Waals surface area contributed by atoms with Crippen LogP contribution in [0.5, 0.6) is 0 Å². The molecule has 5 heteroatoms. The second-order valence-corrected chi connectivity index (χ2v) is 4.42. The van der Waals surface area contributed by atoms with E-state index in [2.05, 4.69) is 0 Å². The molecule has 0 amide bonds. The maximum Gasteiger partial charge on any atom is 0.341 e. The fraction of sp³-hybridized carbons (Fsp3) is 0.231. The Morgan fingerprint density at radius 1 is 1.44 bits per heavy atom. The lowest BCUT2D eigenvalue weighted by atomic mass is 10.0. The van der Waals surface area contributed by atoms with Gasteiger partial charge in [-0.3, -0.25) is 4.79 Å². The van der Waals surface area contributed by atoms with Crippen LogP contribution < -0.4 is 5.56 Å². The topological polar surface area (TPSA) is 59.3 Å². The van der Waals surface area contributed by atoms with Crippen LogP contribution in [-0.2, 0) is 13.5 Å². The highest BCUT2D eigenvalue weighted by molar-refractivity contribution is 6.35. The minimum Gasteiger partial charge on any atom is -0.477 e. The summed E-state index contributed by atoms with van der Waals surface area (Å²) in [4.78, 5) is 23.3. The number of aryl methyl sites for hydroxylation is 2. The van der Waals surface area contributed by atoms with Gasteiger partial charge in [0.05, 0.1) is 10.5 Å². The lowest BCUT2D eigenvalue weighted by Crippen LogP contribution is -2.27. The van der Waals surface area contributed by atoms with Crippen molar-refractivity contribution >= 4 is 28.5 Å². The van der Waals surface area contributed by atoms with Crippen molar-refractivity contribution in [3.63, 3.8) is 0 Å². The molecule has 18 heavy (non-hydrogen) atoms. The molecule has 0 bridgehead atoms. The Balaban J connectivity index is 3.12. The third kappa shape index (κ3) is 1.69. The van der Waals surface area contributed by atoms with Crippen LogP contribution in [0.1, 0.15) is 22.8 Å².